The molecule has 0 atom stereocenters. The minimum atomic E-state index is -1.03. The molecule has 6 nitrogen and oxygen atoms in total. The van der Waals surface area contributed by atoms with E-state index in [1.807, 2.05) is 20.8 Å². The Morgan fingerprint density at radius 3 is 2.41 bits per heavy atom. The summed E-state index contributed by atoms with van der Waals surface area (Å²) in [6, 6.07) is 4.92. The van der Waals surface area contributed by atoms with Gasteiger partial charge in [-0.1, -0.05) is 20.8 Å². The number of ether oxygens (including phenoxy) is 2. The fraction of sp³-hybridized carbons (Fsp3) is 0.500. The molecule has 0 unspecified atom stereocenters. The molecule has 0 aliphatic carbocycles. The van der Waals surface area contributed by atoms with E-state index < -0.39 is 5.97 Å². The van der Waals surface area contributed by atoms with E-state index in [9.17, 15) is 9.59 Å². The number of fused-ring (bicyclic) bond motifs is 1. The van der Waals surface area contributed by atoms with Crippen molar-refractivity contribution in [3.8, 4) is 11.5 Å². The number of nitrogens with zero attached hydrogens (tertiary/aromatic N) is 1. The second-order valence-electron chi connectivity index (χ2n) is 6.47. The molecule has 1 aliphatic heterocycles. The fourth-order valence-corrected chi connectivity index (χ4v) is 2.29. The zero-order chi connectivity index (χ0) is 16.3. The maximum Gasteiger partial charge on any atom is 0.323 e. The van der Waals surface area contributed by atoms with Crippen LogP contribution in [0.15, 0.2) is 18.2 Å². The number of carbonyl (C=O) groups is 2. The highest BCUT2D eigenvalue weighted by molar-refractivity contribution is 5.96. The van der Waals surface area contributed by atoms with Gasteiger partial charge in [-0.3, -0.25) is 9.59 Å². The van der Waals surface area contributed by atoms with Gasteiger partial charge in [0.05, 0.1) is 0 Å². The lowest BCUT2D eigenvalue weighted by Crippen LogP contribution is -2.41. The Bertz CT molecular complexity index is 576. The minimum absolute atomic E-state index is 0.196. The Hall–Kier alpha value is -2.24. The molecule has 22 heavy (non-hydrogen) atoms. The van der Waals surface area contributed by atoms with Gasteiger partial charge >= 0.3 is 5.97 Å². The highest BCUT2D eigenvalue weighted by atomic mass is 16.6. The predicted molar refractivity (Wildman–Crippen MR) is 80.4 cm³/mol. The zero-order valence-corrected chi connectivity index (χ0v) is 13.1. The number of carboxylic acid groups (broad SMARTS) is 1. The minimum Gasteiger partial charge on any atom is -0.486 e. The first-order chi connectivity index (χ1) is 10.3. The predicted octanol–water partition coefficient (Wildman–Crippen LogP) is 2.03. The Balaban J connectivity index is 2.23. The molecule has 1 aromatic carbocycles. The average molecular weight is 307 g/mol. The average Bonchev–Trinajstić information content (AvgIpc) is 2.43. The third kappa shape index (κ3) is 4.13. The van der Waals surface area contributed by atoms with E-state index in [0.29, 0.717) is 36.8 Å². The molecule has 6 heteroatoms. The maximum absolute atomic E-state index is 12.6. The van der Waals surface area contributed by atoms with Gasteiger partial charge in [0.25, 0.3) is 5.91 Å². The Labute approximate surface area is 129 Å². The summed E-state index contributed by atoms with van der Waals surface area (Å²) in [5.74, 6) is -0.240. The number of aliphatic carboxylic acids is 1. The first-order valence-electron chi connectivity index (χ1n) is 7.17. The number of rotatable bonds is 4. The quantitative estimate of drug-likeness (QED) is 0.921. The number of benzene rings is 1. The number of hydrogen-bond donors (Lipinski definition) is 1. The lowest BCUT2D eigenvalue weighted by molar-refractivity contribution is -0.138. The van der Waals surface area contributed by atoms with Crippen LogP contribution in [0, 0.1) is 5.41 Å². The van der Waals surface area contributed by atoms with Gasteiger partial charge in [0, 0.05) is 12.1 Å². The first-order valence-corrected chi connectivity index (χ1v) is 7.17. The van der Waals surface area contributed by atoms with Crippen LogP contribution in [0.2, 0.25) is 0 Å². The Kier molecular flexibility index (Phi) is 4.59. The second kappa shape index (κ2) is 6.25. The molecule has 0 saturated heterocycles. The van der Waals surface area contributed by atoms with E-state index in [0.717, 1.165) is 0 Å². The maximum atomic E-state index is 12.6. The molecule has 2 rings (SSSR count). The van der Waals surface area contributed by atoms with Gasteiger partial charge in [-0.25, -0.2) is 0 Å². The van der Waals surface area contributed by atoms with Crippen LogP contribution in [0.5, 0.6) is 11.5 Å². The molecular weight excluding hydrogens is 286 g/mol. The summed E-state index contributed by atoms with van der Waals surface area (Å²) < 4.78 is 10.9. The third-order valence-electron chi connectivity index (χ3n) is 3.07. The van der Waals surface area contributed by atoms with Crippen molar-refractivity contribution >= 4 is 11.9 Å². The van der Waals surface area contributed by atoms with Crippen LogP contribution in [0.1, 0.15) is 31.1 Å². The van der Waals surface area contributed by atoms with Gasteiger partial charge in [-0.15, -0.1) is 0 Å². The number of carbonyl (C=O) groups excluding carboxylic acids is 1. The fourth-order valence-electron chi connectivity index (χ4n) is 2.29. The van der Waals surface area contributed by atoms with Gasteiger partial charge in [0.1, 0.15) is 19.8 Å². The SMILES string of the molecule is CC(C)(C)CN(CC(=O)O)C(=O)c1ccc2c(c1)OCCO2. The summed E-state index contributed by atoms with van der Waals surface area (Å²) in [6.45, 7) is 6.81. The van der Waals surface area contributed by atoms with Crippen molar-refractivity contribution in [1.82, 2.24) is 4.90 Å². The van der Waals surface area contributed by atoms with Crippen LogP contribution < -0.4 is 9.47 Å². The van der Waals surface area contributed by atoms with Crippen molar-refractivity contribution in [2.75, 3.05) is 26.3 Å². The summed E-state index contributed by atoms with van der Waals surface area (Å²) in [7, 11) is 0. The zero-order valence-electron chi connectivity index (χ0n) is 13.1. The summed E-state index contributed by atoms with van der Waals surface area (Å²) in [5.41, 5.74) is 0.202. The van der Waals surface area contributed by atoms with E-state index in [-0.39, 0.29) is 17.9 Å². The van der Waals surface area contributed by atoms with Crippen molar-refractivity contribution < 1.29 is 24.2 Å². The second-order valence-corrected chi connectivity index (χ2v) is 6.47. The van der Waals surface area contributed by atoms with Crippen LogP contribution in [0.4, 0.5) is 0 Å². The molecule has 0 aromatic heterocycles. The number of carboxylic acids is 1. The van der Waals surface area contributed by atoms with Crippen molar-refractivity contribution in [1.29, 1.82) is 0 Å². The van der Waals surface area contributed by atoms with E-state index in [4.69, 9.17) is 14.6 Å². The van der Waals surface area contributed by atoms with Crippen LogP contribution in [0.25, 0.3) is 0 Å². The molecule has 1 amide bonds. The largest absolute Gasteiger partial charge is 0.486 e. The molecule has 1 heterocycles. The number of amides is 1. The number of hydrogen-bond acceptors (Lipinski definition) is 4. The molecular formula is C16H21NO5. The van der Waals surface area contributed by atoms with E-state index >= 15 is 0 Å². The Morgan fingerprint density at radius 2 is 1.82 bits per heavy atom. The van der Waals surface area contributed by atoms with E-state index in [1.54, 1.807) is 18.2 Å². The highest BCUT2D eigenvalue weighted by Crippen LogP contribution is 2.31. The summed E-state index contributed by atoms with van der Waals surface area (Å²) in [4.78, 5) is 25.0. The van der Waals surface area contributed by atoms with Crippen molar-refractivity contribution in [2.24, 2.45) is 5.41 Å². The highest BCUT2D eigenvalue weighted by Gasteiger charge is 2.25. The van der Waals surface area contributed by atoms with Crippen LogP contribution >= 0.6 is 0 Å². The van der Waals surface area contributed by atoms with E-state index in [1.165, 1.54) is 4.90 Å². The summed E-state index contributed by atoms with van der Waals surface area (Å²) in [6.07, 6.45) is 0. The van der Waals surface area contributed by atoms with Crippen LogP contribution in [0.3, 0.4) is 0 Å². The van der Waals surface area contributed by atoms with Gasteiger partial charge in [-0.2, -0.15) is 0 Å². The molecule has 0 fully saturated rings. The third-order valence-corrected chi connectivity index (χ3v) is 3.07. The Morgan fingerprint density at radius 1 is 1.18 bits per heavy atom. The van der Waals surface area contributed by atoms with Crippen molar-refractivity contribution in [3.63, 3.8) is 0 Å². The molecule has 0 saturated carbocycles. The first kappa shape index (κ1) is 16.1. The van der Waals surface area contributed by atoms with Gasteiger partial charge < -0.3 is 19.5 Å². The topological polar surface area (TPSA) is 76.1 Å². The molecule has 1 aliphatic rings. The normalized spacial score (nSPS) is 13.6. The summed E-state index contributed by atoms with van der Waals surface area (Å²) in [5, 5.41) is 9.03. The molecule has 0 spiro atoms. The van der Waals surface area contributed by atoms with Crippen molar-refractivity contribution in [2.45, 2.75) is 20.8 Å². The van der Waals surface area contributed by atoms with Gasteiger partial charge in [0.2, 0.25) is 0 Å². The lowest BCUT2D eigenvalue weighted by Gasteiger charge is -2.29. The smallest absolute Gasteiger partial charge is 0.323 e. The van der Waals surface area contributed by atoms with E-state index in [2.05, 4.69) is 0 Å². The monoisotopic (exact) mass is 307 g/mol. The molecule has 1 aromatic rings. The van der Waals surface area contributed by atoms with Gasteiger partial charge in [-0.05, 0) is 23.6 Å². The van der Waals surface area contributed by atoms with Crippen LogP contribution in [-0.2, 0) is 4.79 Å². The van der Waals surface area contributed by atoms with Crippen molar-refractivity contribution in [3.05, 3.63) is 23.8 Å². The van der Waals surface area contributed by atoms with Gasteiger partial charge in [0.15, 0.2) is 11.5 Å². The lowest BCUT2D eigenvalue weighted by atomic mass is 9.95. The molecule has 1 N–H and O–H groups in total. The molecule has 0 radical (unpaired) electrons. The van der Waals surface area contributed by atoms with Crippen LogP contribution in [-0.4, -0.2) is 48.2 Å². The summed E-state index contributed by atoms with van der Waals surface area (Å²) >= 11 is 0. The molecule has 0 bridgehead atoms. The molecule has 120 valence electrons. The standard InChI is InChI=1S/C16H21NO5/c1-16(2,3)10-17(9-14(18)19)15(20)11-4-5-12-13(8-11)22-7-6-21-12/h4-5,8H,6-7,9-10H2,1-3H3,(H,18,19).